The minimum absolute atomic E-state index is 0. The summed E-state index contributed by atoms with van der Waals surface area (Å²) < 4.78 is 5.41. The average Bonchev–Trinajstić information content (AvgIpc) is 0.986. The summed E-state index contributed by atoms with van der Waals surface area (Å²) in [5.74, 6) is 0.520. The fourth-order valence-electron chi connectivity index (χ4n) is 12.5. The van der Waals surface area contributed by atoms with E-state index in [4.69, 9.17) is 4.42 Å². The Morgan fingerprint density at radius 1 is 0.267 bits per heavy atom. The number of rotatable bonds is 32. The summed E-state index contributed by atoms with van der Waals surface area (Å²) in [5, 5.41) is 0. The van der Waals surface area contributed by atoms with E-state index in [2.05, 4.69) is 114 Å². The number of hydrogen-bond acceptors (Lipinski definition) is 9. The molecule has 0 saturated heterocycles. The van der Waals surface area contributed by atoms with E-state index in [1.165, 1.54) is 27.8 Å². The smallest absolute Gasteiger partial charge is 0.190 e. The monoisotopic (exact) mass is 1620 g/mol. The Hall–Kier alpha value is -11.7. The van der Waals surface area contributed by atoms with Crippen LogP contribution in [0.3, 0.4) is 0 Å². The number of halogens is 4. The van der Waals surface area contributed by atoms with Gasteiger partial charge >= 0.3 is 0 Å². The molecule has 0 radical (unpaired) electrons. The SMILES string of the molecule is C=C(CN(C)Cc1ccccc1)C(=O)/C(=C/c1ccc(C)cc1)c1ccccc1.C=C(CN(C)Cc1ccccc1)C(=O)/C(=C/c1ccccc1)c1ccccc1.C=C(CN(C)Cc1ccccc1)C(=O)/C(=C\c1ccccc1)c1ccccc1.C=C(CN(C)Cc1ccccc1)C(=O)C(=Cc1ccco1)c1ccccc1.Cl.Cl.Cl.Cl. The van der Waals surface area contributed by atoms with Crippen molar-refractivity contribution in [2.75, 3.05) is 54.4 Å². The minimum Gasteiger partial charge on any atom is -0.465 e. The Kier molecular flexibility index (Phi) is 41.9. The van der Waals surface area contributed by atoms with Crippen LogP contribution in [0, 0.1) is 6.92 Å². The molecule has 9 nitrogen and oxygen atoms in total. The van der Waals surface area contributed by atoms with Crippen LogP contribution in [0.15, 0.2) is 399 Å². The molecule has 1 heterocycles. The zero-order valence-corrected chi connectivity index (χ0v) is 69.9. The number of likely N-dealkylation sites (N-methyl/N-ethyl adjacent to an activating group) is 4. The Labute approximate surface area is 712 Å². The van der Waals surface area contributed by atoms with Crippen molar-refractivity contribution < 1.29 is 23.6 Å². The summed E-state index contributed by atoms with van der Waals surface area (Å²) in [5.41, 5.74) is 17.5. The lowest BCUT2D eigenvalue weighted by molar-refractivity contribution is -0.111. The Balaban J connectivity index is 0.000000273. The molecule has 0 amide bonds. The molecule has 116 heavy (non-hydrogen) atoms. The second kappa shape index (κ2) is 51.2. The molecule has 594 valence electrons. The average molecular weight is 1620 g/mol. The van der Waals surface area contributed by atoms with Gasteiger partial charge in [-0.1, -0.05) is 359 Å². The first-order valence-electron chi connectivity index (χ1n) is 37.5. The highest BCUT2D eigenvalue weighted by Gasteiger charge is 2.22. The Morgan fingerprint density at radius 3 is 0.698 bits per heavy atom. The van der Waals surface area contributed by atoms with Crippen molar-refractivity contribution in [3.8, 4) is 0 Å². The van der Waals surface area contributed by atoms with Crippen molar-refractivity contribution in [1.82, 2.24) is 19.6 Å². The maximum Gasteiger partial charge on any atom is 0.190 e. The maximum absolute atomic E-state index is 13.3. The number of allylic oxidation sites excluding steroid dienone is 4. The van der Waals surface area contributed by atoms with Gasteiger partial charge in [0.15, 0.2) is 23.1 Å². The zero-order valence-electron chi connectivity index (χ0n) is 66.7. The number of carbonyl (C=O) groups excluding carboxylic acids is 4. The second-order valence-electron chi connectivity index (χ2n) is 27.8. The van der Waals surface area contributed by atoms with Crippen molar-refractivity contribution >= 4 is 119 Å². The largest absolute Gasteiger partial charge is 0.465 e. The fraction of sp³-hybridized carbons (Fsp3) is 0.126. The van der Waals surface area contributed by atoms with Crippen LogP contribution in [0.4, 0.5) is 0 Å². The first-order chi connectivity index (χ1) is 54.4. The molecule has 11 aromatic carbocycles. The molecule has 0 unspecified atom stereocenters. The number of hydrogen-bond donors (Lipinski definition) is 0. The summed E-state index contributed by atoms with van der Waals surface area (Å²) in [6.45, 7) is 23.5. The van der Waals surface area contributed by atoms with Gasteiger partial charge in [-0.2, -0.15) is 0 Å². The van der Waals surface area contributed by atoms with Crippen LogP contribution in [0.2, 0.25) is 0 Å². The molecule has 0 aliphatic rings. The second-order valence-corrected chi connectivity index (χ2v) is 27.8. The van der Waals surface area contributed by atoms with E-state index in [1.54, 1.807) is 18.4 Å². The van der Waals surface area contributed by atoms with Crippen molar-refractivity contribution in [3.05, 3.63) is 467 Å². The number of furan rings is 1. The van der Waals surface area contributed by atoms with Gasteiger partial charge in [-0.3, -0.25) is 38.8 Å². The molecule has 0 aliphatic heterocycles. The lowest BCUT2D eigenvalue weighted by atomic mass is 9.95. The molecule has 0 N–H and O–H groups in total. The topological polar surface area (TPSA) is 94.4 Å². The first-order valence-corrected chi connectivity index (χ1v) is 37.5. The summed E-state index contributed by atoms with van der Waals surface area (Å²) in [4.78, 5) is 61.3. The number of benzene rings is 11. The van der Waals surface area contributed by atoms with Crippen molar-refractivity contribution in [2.24, 2.45) is 0 Å². The number of nitrogens with zero attached hydrogens (tertiary/aromatic N) is 4. The van der Waals surface area contributed by atoms with E-state index in [1.807, 2.05) is 319 Å². The highest BCUT2D eigenvalue weighted by Crippen LogP contribution is 2.28. The van der Waals surface area contributed by atoms with Gasteiger partial charge in [0.05, 0.1) is 6.26 Å². The molecule has 0 fully saturated rings. The highest BCUT2D eigenvalue weighted by molar-refractivity contribution is 6.34. The quantitative estimate of drug-likeness (QED) is 0.0302. The van der Waals surface area contributed by atoms with Crippen LogP contribution in [0.1, 0.15) is 72.5 Å². The molecule has 0 atom stereocenters. The molecule has 0 saturated carbocycles. The lowest BCUT2D eigenvalue weighted by Gasteiger charge is -2.18. The molecule has 0 aliphatic carbocycles. The van der Waals surface area contributed by atoms with Gasteiger partial charge in [0, 0.05) is 96.9 Å². The number of Topliss-reactive ketones (excluding diaryl/α,β-unsaturated/α-hetero) is 4. The molecule has 0 spiro atoms. The highest BCUT2D eigenvalue weighted by atomic mass is 35.5. The Morgan fingerprint density at radius 2 is 0.474 bits per heavy atom. The molecular weight excluding hydrogens is 1510 g/mol. The third-order valence-electron chi connectivity index (χ3n) is 18.1. The zero-order chi connectivity index (χ0) is 79.2. The lowest BCUT2D eigenvalue weighted by Crippen LogP contribution is -2.23. The van der Waals surface area contributed by atoms with E-state index in [0.717, 1.165) is 65.1 Å². The van der Waals surface area contributed by atoms with Crippen LogP contribution in [0.5, 0.6) is 0 Å². The standard InChI is InChI=1S/C27H27NO.2C26H25NO.C24H23NO2.4ClH/c1-21-14-16-23(17-15-21)18-26(25-12-8-5-9-13-25)27(29)22(2)19-28(3)20-24-10-6-4-7-11-24;2*1-21(19-27(2)20-23-14-8-4-9-15-23)26(28)25(24-16-10-5-11-17-24)18-22-12-6-3-7-13-22;1-19(17-25(2)18-20-10-5-3-6-11-20)24(26)23(16-22-14-9-15-27-22)21-12-7-4-8-13-21;;;;/h4-18H,2,19-20H2,1,3H3;2*3-18H,1,19-20H2,2H3;3-16H,1,17-18H2,2H3;4*1H/b26-18+;25-18+;25-18-;;;;;. The van der Waals surface area contributed by atoms with Crippen LogP contribution in [0.25, 0.3) is 46.6 Å². The molecule has 12 aromatic rings. The van der Waals surface area contributed by atoms with Crippen molar-refractivity contribution in [3.63, 3.8) is 0 Å². The molecule has 12 rings (SSSR count). The van der Waals surface area contributed by atoms with E-state index in [-0.39, 0.29) is 72.8 Å². The minimum atomic E-state index is -0.0717. The molecule has 0 bridgehead atoms. The number of carbonyl (C=O) groups is 4. The summed E-state index contributed by atoms with van der Waals surface area (Å²) >= 11 is 0. The van der Waals surface area contributed by atoms with Crippen LogP contribution in [-0.4, -0.2) is 97.1 Å². The van der Waals surface area contributed by atoms with Crippen LogP contribution in [-0.2, 0) is 45.4 Å². The first kappa shape index (κ1) is 94.9. The third kappa shape index (κ3) is 31.9. The molecule has 13 heteroatoms. The predicted octanol–water partition coefficient (Wildman–Crippen LogP) is 23.5. The van der Waals surface area contributed by atoms with Gasteiger partial charge in [-0.25, -0.2) is 0 Å². The van der Waals surface area contributed by atoms with E-state index in [9.17, 15) is 19.2 Å². The van der Waals surface area contributed by atoms with Gasteiger partial charge in [-0.05, 0) is 133 Å². The van der Waals surface area contributed by atoms with Gasteiger partial charge in [0.2, 0.25) is 0 Å². The molecule has 1 aromatic heterocycles. The van der Waals surface area contributed by atoms with Crippen LogP contribution < -0.4 is 0 Å². The summed E-state index contributed by atoms with van der Waals surface area (Å²) in [6.07, 6.45) is 9.22. The van der Waals surface area contributed by atoms with E-state index >= 15 is 0 Å². The summed E-state index contributed by atoms with van der Waals surface area (Å²) in [7, 11) is 8.02. The van der Waals surface area contributed by atoms with E-state index in [0.29, 0.717) is 76.5 Å². The van der Waals surface area contributed by atoms with Gasteiger partial charge in [-0.15, -0.1) is 49.6 Å². The molecular formula is C103H104Cl4N4O5. The van der Waals surface area contributed by atoms with E-state index < -0.39 is 0 Å². The van der Waals surface area contributed by atoms with Crippen molar-refractivity contribution in [1.29, 1.82) is 0 Å². The fourth-order valence-corrected chi connectivity index (χ4v) is 12.5. The predicted molar refractivity (Wildman–Crippen MR) is 497 cm³/mol. The maximum atomic E-state index is 13.3. The van der Waals surface area contributed by atoms with Gasteiger partial charge in [0.25, 0.3) is 0 Å². The van der Waals surface area contributed by atoms with Crippen LogP contribution >= 0.6 is 49.6 Å². The normalized spacial score (nSPS) is 11.1. The number of ketones is 4. The van der Waals surface area contributed by atoms with Crippen molar-refractivity contribution in [2.45, 2.75) is 33.1 Å². The Bertz CT molecular complexity index is 4950. The van der Waals surface area contributed by atoms with Gasteiger partial charge < -0.3 is 4.42 Å². The number of aryl methyl sites for hydroxylation is 1. The summed E-state index contributed by atoms with van der Waals surface area (Å²) in [6, 6.07) is 112. The van der Waals surface area contributed by atoms with Gasteiger partial charge in [0.1, 0.15) is 5.76 Å². The third-order valence-corrected chi connectivity index (χ3v) is 18.1.